The van der Waals surface area contributed by atoms with Gasteiger partial charge in [0.05, 0.1) is 12.8 Å². The molecule has 0 unspecified atom stereocenters. The van der Waals surface area contributed by atoms with Crippen molar-refractivity contribution in [2.75, 3.05) is 7.11 Å². The van der Waals surface area contributed by atoms with Gasteiger partial charge in [0, 0.05) is 11.1 Å². The van der Waals surface area contributed by atoms with Crippen LogP contribution in [0.3, 0.4) is 0 Å². The van der Waals surface area contributed by atoms with Crippen LogP contribution in [0, 0.1) is 0 Å². The number of hydrogen-bond donors (Lipinski definition) is 0. The van der Waals surface area contributed by atoms with Gasteiger partial charge >= 0.3 is 0 Å². The highest BCUT2D eigenvalue weighted by Crippen LogP contribution is 2.14. The predicted octanol–water partition coefficient (Wildman–Crippen LogP) is 4.96. The average molecular weight is 328 g/mol. The Morgan fingerprint density at radius 1 is 0.640 bits per heavy atom. The Hall–Kier alpha value is -3.20. The smallest absolute Gasteiger partial charge is 0.118 e. The molecule has 0 saturated carbocycles. The van der Waals surface area contributed by atoms with E-state index in [4.69, 9.17) is 4.74 Å². The Bertz CT molecular complexity index is 825. The number of nitrogens with zero attached hydrogens (tertiary/aromatic N) is 2. The third kappa shape index (κ3) is 4.21. The normalized spacial score (nSPS) is 11.0. The van der Waals surface area contributed by atoms with Crippen LogP contribution in [0.4, 0.5) is 0 Å². The Kier molecular flexibility index (Phi) is 5.37. The third-order valence-corrected chi connectivity index (χ3v) is 3.90. The standard InChI is InChI=1S/C22H20N2O/c1-17(18-13-15-21(25-2)16-14-18)23-24-22(19-9-5-3-6-10-19)20-11-7-4-8-12-20/h3-16H,1-2H3/b23-17-. The van der Waals surface area contributed by atoms with Crippen molar-refractivity contribution in [3.05, 3.63) is 102 Å². The van der Waals surface area contributed by atoms with E-state index in [1.165, 1.54) is 0 Å². The van der Waals surface area contributed by atoms with Gasteiger partial charge in [-0.1, -0.05) is 60.7 Å². The maximum absolute atomic E-state index is 5.20. The van der Waals surface area contributed by atoms with Gasteiger partial charge in [0.2, 0.25) is 0 Å². The number of ether oxygens (including phenoxy) is 1. The van der Waals surface area contributed by atoms with E-state index in [1.54, 1.807) is 7.11 Å². The summed E-state index contributed by atoms with van der Waals surface area (Å²) in [4.78, 5) is 0. The molecule has 25 heavy (non-hydrogen) atoms. The second-order valence-electron chi connectivity index (χ2n) is 5.59. The van der Waals surface area contributed by atoms with Gasteiger partial charge in [-0.05, 0) is 36.8 Å². The van der Waals surface area contributed by atoms with Crippen LogP contribution in [0.25, 0.3) is 0 Å². The van der Waals surface area contributed by atoms with Gasteiger partial charge in [-0.15, -0.1) is 5.10 Å². The molecule has 0 N–H and O–H groups in total. The molecule has 3 aromatic rings. The van der Waals surface area contributed by atoms with E-state index in [-0.39, 0.29) is 0 Å². The quantitative estimate of drug-likeness (QED) is 0.481. The molecule has 3 aromatic carbocycles. The maximum Gasteiger partial charge on any atom is 0.118 e. The molecule has 3 nitrogen and oxygen atoms in total. The highest BCUT2D eigenvalue weighted by atomic mass is 16.5. The Balaban J connectivity index is 1.97. The zero-order valence-electron chi connectivity index (χ0n) is 14.4. The first-order valence-corrected chi connectivity index (χ1v) is 8.15. The van der Waals surface area contributed by atoms with Crippen LogP contribution in [0.15, 0.2) is 95.1 Å². The van der Waals surface area contributed by atoms with E-state index in [1.807, 2.05) is 91.9 Å². The van der Waals surface area contributed by atoms with Crippen molar-refractivity contribution in [1.29, 1.82) is 0 Å². The fourth-order valence-electron chi connectivity index (χ4n) is 2.49. The summed E-state index contributed by atoms with van der Waals surface area (Å²) in [6.45, 7) is 1.96. The Labute approximate surface area is 148 Å². The summed E-state index contributed by atoms with van der Waals surface area (Å²) in [6, 6.07) is 28.0. The van der Waals surface area contributed by atoms with E-state index in [0.29, 0.717) is 0 Å². The molecule has 0 heterocycles. The lowest BCUT2D eigenvalue weighted by molar-refractivity contribution is 0.415. The maximum atomic E-state index is 5.20. The molecular formula is C22H20N2O. The predicted molar refractivity (Wildman–Crippen MR) is 104 cm³/mol. The van der Waals surface area contributed by atoms with Gasteiger partial charge in [-0.2, -0.15) is 5.10 Å². The van der Waals surface area contributed by atoms with Gasteiger partial charge < -0.3 is 4.74 Å². The monoisotopic (exact) mass is 328 g/mol. The van der Waals surface area contributed by atoms with Crippen LogP contribution in [0.1, 0.15) is 23.6 Å². The molecular weight excluding hydrogens is 308 g/mol. The molecule has 0 fully saturated rings. The Morgan fingerprint density at radius 3 is 1.64 bits per heavy atom. The van der Waals surface area contributed by atoms with Crippen LogP contribution < -0.4 is 4.74 Å². The van der Waals surface area contributed by atoms with Gasteiger partial charge in [-0.25, -0.2) is 0 Å². The first-order chi connectivity index (χ1) is 12.3. The van der Waals surface area contributed by atoms with Gasteiger partial charge in [0.25, 0.3) is 0 Å². The fourth-order valence-corrected chi connectivity index (χ4v) is 2.49. The minimum atomic E-state index is 0.828. The van der Waals surface area contributed by atoms with E-state index in [9.17, 15) is 0 Å². The number of rotatable bonds is 5. The highest BCUT2D eigenvalue weighted by Gasteiger charge is 2.06. The molecule has 0 amide bonds. The molecule has 0 aliphatic rings. The topological polar surface area (TPSA) is 34.0 Å². The van der Waals surface area contributed by atoms with Crippen LogP contribution in [0.5, 0.6) is 5.75 Å². The van der Waals surface area contributed by atoms with Crippen molar-refractivity contribution < 1.29 is 4.74 Å². The first kappa shape index (κ1) is 16.7. The summed E-state index contributed by atoms with van der Waals surface area (Å²) in [5.74, 6) is 0.828. The second kappa shape index (κ2) is 8.06. The minimum absolute atomic E-state index is 0.828. The van der Waals surface area contributed by atoms with Crippen molar-refractivity contribution in [3.8, 4) is 5.75 Å². The van der Waals surface area contributed by atoms with Crippen LogP contribution in [-0.2, 0) is 0 Å². The van der Waals surface area contributed by atoms with Crippen LogP contribution in [-0.4, -0.2) is 18.5 Å². The zero-order valence-corrected chi connectivity index (χ0v) is 14.4. The van der Waals surface area contributed by atoms with Gasteiger partial charge in [-0.3, -0.25) is 0 Å². The van der Waals surface area contributed by atoms with E-state index < -0.39 is 0 Å². The van der Waals surface area contributed by atoms with Crippen molar-refractivity contribution in [2.24, 2.45) is 10.2 Å². The minimum Gasteiger partial charge on any atom is -0.497 e. The number of benzene rings is 3. The zero-order chi connectivity index (χ0) is 17.5. The largest absolute Gasteiger partial charge is 0.497 e. The molecule has 0 aromatic heterocycles. The van der Waals surface area contributed by atoms with Crippen LogP contribution in [0.2, 0.25) is 0 Å². The molecule has 3 heteroatoms. The summed E-state index contributed by atoms with van der Waals surface area (Å²) >= 11 is 0. The van der Waals surface area contributed by atoms with Gasteiger partial charge in [0.15, 0.2) is 0 Å². The molecule has 124 valence electrons. The molecule has 0 aliphatic carbocycles. The van der Waals surface area contributed by atoms with Crippen molar-refractivity contribution in [2.45, 2.75) is 6.92 Å². The highest BCUT2D eigenvalue weighted by molar-refractivity contribution is 6.13. The molecule has 0 atom stereocenters. The van der Waals surface area contributed by atoms with Crippen LogP contribution >= 0.6 is 0 Å². The third-order valence-electron chi connectivity index (χ3n) is 3.90. The summed E-state index contributed by atoms with van der Waals surface area (Å²) < 4.78 is 5.20. The molecule has 0 aliphatic heterocycles. The Morgan fingerprint density at radius 2 is 1.16 bits per heavy atom. The second-order valence-corrected chi connectivity index (χ2v) is 5.59. The lowest BCUT2D eigenvalue weighted by Crippen LogP contribution is -2.03. The SMILES string of the molecule is COc1ccc(/C(C)=N\N=C(c2ccccc2)c2ccccc2)cc1. The fraction of sp³-hybridized carbons (Fsp3) is 0.0909. The average Bonchev–Trinajstić information content (AvgIpc) is 2.70. The lowest BCUT2D eigenvalue weighted by Gasteiger charge is -2.06. The number of methoxy groups -OCH3 is 1. The van der Waals surface area contributed by atoms with Crippen molar-refractivity contribution in [1.82, 2.24) is 0 Å². The summed E-state index contributed by atoms with van der Waals surface area (Å²) in [5, 5.41) is 9.02. The van der Waals surface area contributed by atoms with Gasteiger partial charge in [0.1, 0.15) is 11.5 Å². The molecule has 0 bridgehead atoms. The summed E-state index contributed by atoms with van der Waals surface area (Å²) in [6.07, 6.45) is 0. The lowest BCUT2D eigenvalue weighted by atomic mass is 10.0. The summed E-state index contributed by atoms with van der Waals surface area (Å²) in [7, 11) is 1.66. The van der Waals surface area contributed by atoms with Crippen molar-refractivity contribution in [3.63, 3.8) is 0 Å². The molecule has 0 radical (unpaired) electrons. The number of hydrogen-bond acceptors (Lipinski definition) is 3. The van der Waals surface area contributed by atoms with E-state index >= 15 is 0 Å². The molecule has 0 spiro atoms. The van der Waals surface area contributed by atoms with E-state index in [2.05, 4.69) is 10.2 Å². The molecule has 3 rings (SSSR count). The molecule has 0 saturated heterocycles. The van der Waals surface area contributed by atoms with E-state index in [0.717, 1.165) is 33.9 Å². The van der Waals surface area contributed by atoms with Crippen molar-refractivity contribution >= 4 is 11.4 Å². The first-order valence-electron chi connectivity index (χ1n) is 8.15. The summed E-state index contributed by atoms with van der Waals surface area (Å²) in [5.41, 5.74) is 4.81.